The lowest BCUT2D eigenvalue weighted by Gasteiger charge is -2.02. The van der Waals surface area contributed by atoms with Crippen LogP contribution in [0.15, 0.2) is 0 Å². The van der Waals surface area contributed by atoms with Crippen molar-refractivity contribution in [3.8, 4) is 0 Å². The highest BCUT2D eigenvalue weighted by Gasteiger charge is 2.22. The first kappa shape index (κ1) is 6.76. The highest BCUT2D eigenvalue weighted by Crippen LogP contribution is 2.07. The first-order chi connectivity index (χ1) is 4.34. The van der Waals surface area contributed by atoms with Gasteiger partial charge in [-0.1, -0.05) is 0 Å². The Morgan fingerprint density at radius 3 is 3.00 bits per heavy atom. The van der Waals surface area contributed by atoms with Gasteiger partial charge < -0.3 is 9.74 Å². The maximum atomic E-state index is 10.7. The van der Waals surface area contributed by atoms with Gasteiger partial charge in [-0.25, -0.2) is 0 Å². The molecule has 0 aliphatic carbocycles. The second-order valence-electron chi connectivity index (χ2n) is 2.11. The van der Waals surface area contributed by atoms with Crippen LogP contribution in [0.4, 0.5) is 0 Å². The van der Waals surface area contributed by atoms with Gasteiger partial charge in [-0.05, 0) is 13.0 Å². The molecule has 0 aromatic carbocycles. The zero-order valence-corrected chi connectivity index (χ0v) is 6.02. The Balaban J connectivity index is 2.32. The van der Waals surface area contributed by atoms with Crippen molar-refractivity contribution in [3.05, 3.63) is 0 Å². The van der Waals surface area contributed by atoms with Gasteiger partial charge in [0, 0.05) is 6.54 Å². The average Bonchev–Trinajstić information content (AvgIpc) is 2.37. The summed E-state index contributed by atoms with van der Waals surface area (Å²) in [5, 5.41) is 3.07. The molecule has 9 heavy (non-hydrogen) atoms. The van der Waals surface area contributed by atoms with Crippen LogP contribution in [0, 0.1) is 5.92 Å². The largest absolute Gasteiger partial charge is 0.516 e. The minimum Gasteiger partial charge on any atom is -0.516 e. The van der Waals surface area contributed by atoms with Crippen LogP contribution in [0.1, 0.15) is 6.42 Å². The number of carbonyl (C=O) groups excluding carboxylic acids is 1. The highest BCUT2D eigenvalue weighted by molar-refractivity contribution is 6.05. The van der Waals surface area contributed by atoms with Gasteiger partial charge in [-0.15, -0.1) is 0 Å². The zero-order valence-electron chi connectivity index (χ0n) is 5.02. The molecule has 1 fully saturated rings. The lowest BCUT2D eigenvalue weighted by atomic mass is 10.1. The van der Waals surface area contributed by atoms with Crippen molar-refractivity contribution in [2.24, 2.45) is 5.92 Å². The third kappa shape index (κ3) is 1.52. The summed E-state index contributed by atoms with van der Waals surface area (Å²) in [5.41, 5.74) is 0. The maximum Gasteiger partial charge on any atom is 0.345 e. The first-order valence-corrected chi connectivity index (χ1v) is 3.33. The number of rotatable bonds is 1. The van der Waals surface area contributed by atoms with E-state index in [1.54, 1.807) is 0 Å². The summed E-state index contributed by atoms with van der Waals surface area (Å²) in [6.07, 6.45) is 0.892. The van der Waals surface area contributed by atoms with E-state index in [9.17, 15) is 4.79 Å². The van der Waals surface area contributed by atoms with Gasteiger partial charge in [-0.2, -0.15) is 0 Å². The normalized spacial score (nSPS) is 26.1. The Kier molecular flexibility index (Phi) is 2.24. The molecule has 1 rings (SSSR count). The fraction of sp³-hybridized carbons (Fsp3) is 0.800. The molecule has 1 aliphatic rings. The second-order valence-corrected chi connectivity index (χ2v) is 2.31. The highest BCUT2D eigenvalue weighted by atomic mass is 28.2. The molecule has 0 bridgehead atoms. The van der Waals surface area contributed by atoms with Crippen LogP contribution in [-0.2, 0) is 9.22 Å². The van der Waals surface area contributed by atoms with Crippen LogP contribution < -0.4 is 5.32 Å². The van der Waals surface area contributed by atoms with Gasteiger partial charge in [0.1, 0.15) is 0 Å². The van der Waals surface area contributed by atoms with Crippen molar-refractivity contribution < 1.29 is 9.22 Å². The molecule has 0 spiro atoms. The van der Waals surface area contributed by atoms with Crippen molar-refractivity contribution in [2.75, 3.05) is 13.1 Å². The van der Waals surface area contributed by atoms with E-state index in [1.807, 2.05) is 0 Å². The summed E-state index contributed by atoms with van der Waals surface area (Å²) >= 11 is 0. The van der Waals surface area contributed by atoms with Crippen molar-refractivity contribution in [1.82, 2.24) is 5.32 Å². The van der Waals surface area contributed by atoms with Gasteiger partial charge in [0.25, 0.3) is 5.97 Å². The van der Waals surface area contributed by atoms with E-state index in [-0.39, 0.29) is 11.9 Å². The predicted molar refractivity (Wildman–Crippen MR) is 32.8 cm³/mol. The van der Waals surface area contributed by atoms with Crippen molar-refractivity contribution in [2.45, 2.75) is 6.42 Å². The molecule has 1 N–H and O–H groups in total. The monoisotopic (exact) mass is 142 g/mol. The minimum absolute atomic E-state index is 0.0579. The average molecular weight is 142 g/mol. The number of hydrogen-bond donors (Lipinski definition) is 1. The third-order valence-electron chi connectivity index (χ3n) is 1.49. The summed E-state index contributed by atoms with van der Waals surface area (Å²) in [4.78, 5) is 10.7. The van der Waals surface area contributed by atoms with E-state index in [4.69, 9.17) is 0 Å². The molecule has 1 heterocycles. The Labute approximate surface area is 57.3 Å². The lowest BCUT2D eigenvalue weighted by molar-refractivity contribution is -0.137. The number of hydrogen-bond acceptors (Lipinski definition) is 3. The topological polar surface area (TPSA) is 38.3 Å². The SMILES string of the molecule is O=C(O[Si])C1CCNC1. The first-order valence-electron chi connectivity index (χ1n) is 2.92. The number of nitrogens with one attached hydrogen (secondary N) is 1. The maximum absolute atomic E-state index is 10.7. The molecule has 0 amide bonds. The van der Waals surface area contributed by atoms with Crippen LogP contribution in [0.3, 0.4) is 0 Å². The van der Waals surface area contributed by atoms with Gasteiger partial charge in [-0.3, -0.25) is 4.79 Å². The van der Waals surface area contributed by atoms with Gasteiger partial charge in [0.05, 0.1) is 5.92 Å². The van der Waals surface area contributed by atoms with Crippen molar-refractivity contribution in [1.29, 1.82) is 0 Å². The Morgan fingerprint density at radius 2 is 2.56 bits per heavy atom. The van der Waals surface area contributed by atoms with E-state index >= 15 is 0 Å². The molecule has 3 radical (unpaired) electrons. The van der Waals surface area contributed by atoms with E-state index in [2.05, 4.69) is 20.2 Å². The molecule has 4 heteroatoms. The fourth-order valence-electron chi connectivity index (χ4n) is 0.939. The molecule has 1 aliphatic heterocycles. The molecule has 1 atom stereocenters. The predicted octanol–water partition coefficient (Wildman–Crippen LogP) is -0.777. The van der Waals surface area contributed by atoms with Gasteiger partial charge in [0.15, 0.2) is 0 Å². The van der Waals surface area contributed by atoms with Crippen LogP contribution in [-0.4, -0.2) is 29.5 Å². The zero-order chi connectivity index (χ0) is 6.69. The summed E-state index contributed by atoms with van der Waals surface area (Å²) < 4.78 is 4.36. The molecule has 0 aromatic heterocycles. The molecular weight excluding hydrogens is 134 g/mol. The smallest absolute Gasteiger partial charge is 0.345 e. The van der Waals surface area contributed by atoms with Crippen LogP contribution >= 0.6 is 0 Å². The lowest BCUT2D eigenvalue weighted by Crippen LogP contribution is -2.19. The Hall–Kier alpha value is -0.353. The van der Waals surface area contributed by atoms with E-state index < -0.39 is 0 Å². The quantitative estimate of drug-likeness (QED) is 0.488. The third-order valence-corrected chi connectivity index (χ3v) is 1.70. The minimum atomic E-state index is -0.170. The number of carbonyl (C=O) groups is 1. The molecule has 3 nitrogen and oxygen atoms in total. The molecule has 0 aromatic rings. The van der Waals surface area contributed by atoms with Crippen LogP contribution in [0.2, 0.25) is 0 Å². The fourth-order valence-corrected chi connectivity index (χ4v) is 1.11. The molecule has 1 saturated heterocycles. The second kappa shape index (κ2) is 2.98. The van der Waals surface area contributed by atoms with Gasteiger partial charge >= 0.3 is 10.5 Å². The molecule has 0 saturated carbocycles. The van der Waals surface area contributed by atoms with E-state index in [1.165, 1.54) is 0 Å². The molecule has 1 unspecified atom stereocenters. The summed E-state index contributed by atoms with van der Waals surface area (Å²) in [7, 11) is 2.69. The van der Waals surface area contributed by atoms with Crippen LogP contribution in [0.25, 0.3) is 0 Å². The van der Waals surface area contributed by atoms with Crippen molar-refractivity contribution in [3.63, 3.8) is 0 Å². The Bertz CT molecular complexity index is 112. The van der Waals surface area contributed by atoms with Gasteiger partial charge in [0.2, 0.25) is 0 Å². The van der Waals surface area contributed by atoms with Crippen LogP contribution in [0.5, 0.6) is 0 Å². The summed E-state index contributed by atoms with van der Waals surface area (Å²) in [5.74, 6) is -0.112. The summed E-state index contributed by atoms with van der Waals surface area (Å²) in [6, 6.07) is 0. The molecular formula is C5H8NO2Si. The van der Waals surface area contributed by atoms with Crippen molar-refractivity contribution >= 4 is 16.5 Å². The van der Waals surface area contributed by atoms with E-state index in [0.717, 1.165) is 19.5 Å². The summed E-state index contributed by atoms with van der Waals surface area (Å²) in [6.45, 7) is 1.68. The molecule has 49 valence electrons. The Morgan fingerprint density at radius 1 is 1.78 bits per heavy atom. The van der Waals surface area contributed by atoms with E-state index in [0.29, 0.717) is 0 Å². The standard InChI is InChI=1S/C5H8NO2Si/c7-5(8-9)4-1-2-6-3-4/h4,6H,1-3H2.